The first-order valence-electron chi connectivity index (χ1n) is 8.79. The van der Waals surface area contributed by atoms with Crippen LogP contribution in [0.15, 0.2) is 15.3 Å². The number of phenolic OH excluding ortho intramolecular Hbond substituents is 1. The van der Waals surface area contributed by atoms with Crippen molar-refractivity contribution in [1.29, 1.82) is 0 Å². The molecule has 0 aliphatic carbocycles. The average Bonchev–Trinajstić information content (AvgIpc) is 2.65. The van der Waals surface area contributed by atoms with Gasteiger partial charge in [0.15, 0.2) is 23.4 Å². The number of hydrogen-bond donors (Lipinski definition) is 2. The van der Waals surface area contributed by atoms with Crippen molar-refractivity contribution in [3.05, 3.63) is 33.2 Å². The van der Waals surface area contributed by atoms with Gasteiger partial charge in [0.2, 0.25) is 0 Å². The van der Waals surface area contributed by atoms with E-state index in [1.807, 2.05) is 11.9 Å². The highest BCUT2D eigenvalue weighted by Crippen LogP contribution is 2.36. The molecule has 0 spiro atoms. The van der Waals surface area contributed by atoms with Crippen LogP contribution < -0.4 is 10.4 Å². The lowest BCUT2D eigenvalue weighted by molar-refractivity contribution is -0.0207. The number of methoxy groups -OCH3 is 1. The highest BCUT2D eigenvalue weighted by atomic mass is 16.5. The Morgan fingerprint density at radius 3 is 2.59 bits per heavy atom. The zero-order valence-electron chi connectivity index (χ0n) is 15.7. The molecule has 0 radical (unpaired) electrons. The van der Waals surface area contributed by atoms with Gasteiger partial charge < -0.3 is 24.3 Å². The van der Waals surface area contributed by atoms with Crippen molar-refractivity contribution in [3.63, 3.8) is 0 Å². The molecule has 1 atom stereocenters. The summed E-state index contributed by atoms with van der Waals surface area (Å²) in [5.74, 6) is -0.250. The molecule has 1 fully saturated rings. The van der Waals surface area contributed by atoms with Crippen molar-refractivity contribution in [2.24, 2.45) is 0 Å². The summed E-state index contributed by atoms with van der Waals surface area (Å²) in [6.45, 7) is 4.86. The van der Waals surface area contributed by atoms with Crippen molar-refractivity contribution >= 4 is 17.3 Å². The van der Waals surface area contributed by atoms with Crippen LogP contribution in [0.25, 0.3) is 11.0 Å². The Bertz CT molecular complexity index is 915. The lowest BCUT2D eigenvalue weighted by atomic mass is 10.00. The Balaban J connectivity index is 2.03. The van der Waals surface area contributed by atoms with E-state index in [0.29, 0.717) is 35.9 Å². The second-order valence-electron chi connectivity index (χ2n) is 6.85. The second kappa shape index (κ2) is 7.67. The van der Waals surface area contributed by atoms with E-state index in [0.717, 1.165) is 13.1 Å². The highest BCUT2D eigenvalue weighted by Gasteiger charge is 2.25. The van der Waals surface area contributed by atoms with E-state index in [9.17, 15) is 19.8 Å². The standard InChI is InChI=1S/C19H24N2O6/c1-11-12-8-15(26-3)17(24)14(10-22)18(12)27-19(25)13(11)9-16(23)21-6-4-20(2)5-7-21/h8,10,16,23-24H,4-7,9H2,1-3H3. The topological polar surface area (TPSA) is 103 Å². The summed E-state index contributed by atoms with van der Waals surface area (Å²) in [4.78, 5) is 28.0. The Kier molecular flexibility index (Phi) is 5.50. The van der Waals surface area contributed by atoms with Gasteiger partial charge in [-0.05, 0) is 25.6 Å². The number of benzene rings is 1. The SMILES string of the molecule is COc1cc2c(C)c(CC(O)N3CCN(C)CC3)c(=O)oc2c(C=O)c1O. The first kappa shape index (κ1) is 19.3. The number of rotatable bonds is 5. The van der Waals surface area contributed by atoms with Crippen LogP contribution in [0.2, 0.25) is 0 Å². The Morgan fingerprint density at radius 2 is 2.00 bits per heavy atom. The first-order valence-corrected chi connectivity index (χ1v) is 8.79. The van der Waals surface area contributed by atoms with Gasteiger partial charge in [-0.3, -0.25) is 9.69 Å². The molecule has 1 aliphatic heterocycles. The number of hydrogen-bond acceptors (Lipinski definition) is 8. The third kappa shape index (κ3) is 3.55. The minimum Gasteiger partial charge on any atom is -0.504 e. The van der Waals surface area contributed by atoms with E-state index in [1.54, 1.807) is 6.92 Å². The van der Waals surface area contributed by atoms with Gasteiger partial charge in [-0.1, -0.05) is 0 Å². The van der Waals surface area contributed by atoms with E-state index in [1.165, 1.54) is 13.2 Å². The number of ether oxygens (including phenoxy) is 1. The van der Waals surface area contributed by atoms with E-state index in [4.69, 9.17) is 9.15 Å². The molecule has 8 nitrogen and oxygen atoms in total. The van der Waals surface area contributed by atoms with Crippen molar-refractivity contribution in [2.45, 2.75) is 19.6 Å². The van der Waals surface area contributed by atoms with Crippen LogP contribution in [0.1, 0.15) is 21.5 Å². The Morgan fingerprint density at radius 1 is 1.33 bits per heavy atom. The van der Waals surface area contributed by atoms with Gasteiger partial charge in [0.25, 0.3) is 0 Å². The smallest absolute Gasteiger partial charge is 0.339 e. The monoisotopic (exact) mass is 376 g/mol. The number of phenols is 1. The van der Waals surface area contributed by atoms with Crippen LogP contribution in [0.5, 0.6) is 11.5 Å². The highest BCUT2D eigenvalue weighted by molar-refractivity contribution is 6.00. The number of aliphatic hydroxyl groups is 1. The van der Waals surface area contributed by atoms with Crippen molar-refractivity contribution in [1.82, 2.24) is 9.80 Å². The van der Waals surface area contributed by atoms with Crippen molar-refractivity contribution < 1.29 is 24.2 Å². The molecule has 1 saturated heterocycles. The fourth-order valence-corrected chi connectivity index (χ4v) is 3.44. The maximum atomic E-state index is 12.5. The number of likely N-dealkylation sites (N-methyl/N-ethyl adjacent to an activating group) is 1. The molecular weight excluding hydrogens is 352 g/mol. The molecule has 2 N–H and O–H groups in total. The number of carbonyl (C=O) groups is 1. The molecule has 2 aromatic rings. The zero-order valence-corrected chi connectivity index (χ0v) is 15.7. The van der Waals surface area contributed by atoms with E-state index in [2.05, 4.69) is 4.90 Å². The minimum atomic E-state index is -0.803. The van der Waals surface area contributed by atoms with Crippen LogP contribution in [0.4, 0.5) is 0 Å². The van der Waals surface area contributed by atoms with Gasteiger partial charge in [0.1, 0.15) is 11.8 Å². The fraction of sp³-hybridized carbons (Fsp3) is 0.474. The Labute approximate surface area is 156 Å². The number of carbonyl (C=O) groups excluding carboxylic acids is 1. The van der Waals surface area contributed by atoms with Crippen LogP contribution in [0, 0.1) is 6.92 Å². The summed E-state index contributed by atoms with van der Waals surface area (Å²) >= 11 is 0. The molecule has 0 saturated carbocycles. The number of fused-ring (bicyclic) bond motifs is 1. The lowest BCUT2D eigenvalue weighted by Gasteiger charge is -2.35. The largest absolute Gasteiger partial charge is 0.504 e. The summed E-state index contributed by atoms with van der Waals surface area (Å²) in [6, 6.07) is 1.53. The molecule has 0 bridgehead atoms. The number of piperazine rings is 1. The molecule has 1 unspecified atom stereocenters. The van der Waals surface area contributed by atoms with Crippen LogP contribution in [0.3, 0.4) is 0 Å². The van der Waals surface area contributed by atoms with Crippen LogP contribution in [-0.4, -0.2) is 72.9 Å². The van der Waals surface area contributed by atoms with E-state index in [-0.39, 0.29) is 29.1 Å². The molecule has 8 heteroatoms. The summed E-state index contributed by atoms with van der Waals surface area (Å²) in [5.41, 5.74) is 0.203. The summed E-state index contributed by atoms with van der Waals surface area (Å²) in [5, 5.41) is 21.2. The minimum absolute atomic E-state index is 0.0173. The fourth-order valence-electron chi connectivity index (χ4n) is 3.44. The number of aromatic hydroxyl groups is 1. The molecule has 1 aromatic heterocycles. The van der Waals surface area contributed by atoms with Crippen molar-refractivity contribution in [2.75, 3.05) is 40.3 Å². The molecule has 0 amide bonds. The van der Waals surface area contributed by atoms with E-state index >= 15 is 0 Å². The van der Waals surface area contributed by atoms with Gasteiger partial charge in [-0.25, -0.2) is 4.79 Å². The lowest BCUT2D eigenvalue weighted by Crippen LogP contribution is -2.50. The summed E-state index contributed by atoms with van der Waals surface area (Å²) in [6.07, 6.45) is -0.253. The Hall–Kier alpha value is -2.42. The molecule has 27 heavy (non-hydrogen) atoms. The summed E-state index contributed by atoms with van der Waals surface area (Å²) < 4.78 is 10.5. The first-order chi connectivity index (χ1) is 12.9. The maximum absolute atomic E-state index is 12.5. The molecule has 1 aromatic carbocycles. The molecule has 2 heterocycles. The predicted molar refractivity (Wildman–Crippen MR) is 99.6 cm³/mol. The molecular formula is C19H24N2O6. The molecule has 146 valence electrons. The third-order valence-corrected chi connectivity index (χ3v) is 5.23. The van der Waals surface area contributed by atoms with Gasteiger partial charge in [-0.2, -0.15) is 0 Å². The third-order valence-electron chi connectivity index (χ3n) is 5.23. The normalized spacial score (nSPS) is 17.2. The predicted octanol–water partition coefficient (Wildman–Crippen LogP) is 0.736. The quantitative estimate of drug-likeness (QED) is 0.582. The van der Waals surface area contributed by atoms with E-state index < -0.39 is 11.9 Å². The molecule has 3 rings (SSSR count). The number of aldehydes is 1. The van der Waals surface area contributed by atoms with Crippen molar-refractivity contribution in [3.8, 4) is 11.5 Å². The van der Waals surface area contributed by atoms with Gasteiger partial charge >= 0.3 is 5.63 Å². The number of aliphatic hydroxyl groups excluding tert-OH is 1. The summed E-state index contributed by atoms with van der Waals surface area (Å²) in [7, 11) is 3.40. The van der Waals surface area contributed by atoms with Crippen LogP contribution in [-0.2, 0) is 6.42 Å². The maximum Gasteiger partial charge on any atom is 0.339 e. The molecule has 1 aliphatic rings. The number of aryl methyl sites for hydroxylation is 1. The number of nitrogens with zero attached hydrogens (tertiary/aromatic N) is 2. The second-order valence-corrected chi connectivity index (χ2v) is 6.85. The zero-order chi connectivity index (χ0) is 19.7. The van der Waals surface area contributed by atoms with Crippen LogP contribution >= 0.6 is 0 Å². The average molecular weight is 376 g/mol. The van der Waals surface area contributed by atoms with Gasteiger partial charge in [0, 0.05) is 43.5 Å². The van der Waals surface area contributed by atoms with Gasteiger partial charge in [0.05, 0.1) is 7.11 Å². The van der Waals surface area contributed by atoms with Gasteiger partial charge in [-0.15, -0.1) is 0 Å².